The summed E-state index contributed by atoms with van der Waals surface area (Å²) in [7, 11) is 0. The van der Waals surface area contributed by atoms with E-state index in [1.54, 1.807) is 35.1 Å². The fourth-order valence-corrected chi connectivity index (χ4v) is 3.07. The minimum Gasteiger partial charge on any atom is -0.470 e. The third-order valence-corrected chi connectivity index (χ3v) is 4.68. The van der Waals surface area contributed by atoms with E-state index in [-0.39, 0.29) is 6.73 Å². The molecular weight excluding hydrogens is 401 g/mol. The molecule has 0 aliphatic carbocycles. The SMILES string of the molecule is Cc1c(N)cccc1-c1noc(-c2ccn(COc3ccc(Cl)cc3Cl)n2)n1. The maximum atomic E-state index is 6.10. The summed E-state index contributed by atoms with van der Waals surface area (Å²) < 4.78 is 12.6. The quantitative estimate of drug-likeness (QED) is 0.469. The van der Waals surface area contributed by atoms with Crippen molar-refractivity contribution in [1.82, 2.24) is 19.9 Å². The molecule has 0 saturated carbocycles. The van der Waals surface area contributed by atoms with Crippen molar-refractivity contribution < 1.29 is 9.26 Å². The molecule has 0 radical (unpaired) electrons. The molecule has 2 heterocycles. The largest absolute Gasteiger partial charge is 0.470 e. The predicted octanol–water partition coefficient (Wildman–Crippen LogP) is 4.83. The number of rotatable bonds is 5. The summed E-state index contributed by atoms with van der Waals surface area (Å²) in [4.78, 5) is 4.42. The van der Waals surface area contributed by atoms with E-state index in [1.165, 1.54) is 0 Å². The highest BCUT2D eigenvalue weighted by molar-refractivity contribution is 6.35. The fourth-order valence-electron chi connectivity index (χ4n) is 2.61. The van der Waals surface area contributed by atoms with E-state index in [0.29, 0.717) is 38.9 Å². The lowest BCUT2D eigenvalue weighted by Gasteiger charge is -2.07. The molecule has 142 valence electrons. The van der Waals surface area contributed by atoms with Crippen LogP contribution in [0.25, 0.3) is 23.0 Å². The molecule has 7 nitrogen and oxygen atoms in total. The summed E-state index contributed by atoms with van der Waals surface area (Å²) in [6.45, 7) is 2.07. The average Bonchev–Trinajstić information content (AvgIpc) is 3.32. The van der Waals surface area contributed by atoms with Crippen molar-refractivity contribution in [3.05, 3.63) is 64.3 Å². The van der Waals surface area contributed by atoms with Gasteiger partial charge in [0.1, 0.15) is 5.75 Å². The number of hydrogen-bond acceptors (Lipinski definition) is 6. The molecule has 4 rings (SSSR count). The summed E-state index contributed by atoms with van der Waals surface area (Å²) in [5.41, 5.74) is 8.86. The summed E-state index contributed by atoms with van der Waals surface area (Å²) in [6, 6.07) is 12.4. The normalized spacial score (nSPS) is 11.0. The van der Waals surface area contributed by atoms with Crippen LogP contribution in [0.5, 0.6) is 5.75 Å². The molecule has 0 amide bonds. The smallest absolute Gasteiger partial charge is 0.278 e. The molecule has 9 heteroatoms. The first-order chi connectivity index (χ1) is 13.5. The zero-order chi connectivity index (χ0) is 19.7. The number of aromatic nitrogens is 4. The van der Waals surface area contributed by atoms with E-state index in [2.05, 4.69) is 15.2 Å². The zero-order valence-corrected chi connectivity index (χ0v) is 16.3. The Hall–Kier alpha value is -3.03. The summed E-state index contributed by atoms with van der Waals surface area (Å²) in [5.74, 6) is 1.28. The minimum atomic E-state index is 0.163. The Kier molecular flexibility index (Phi) is 4.93. The molecule has 4 aromatic rings. The lowest BCUT2D eigenvalue weighted by molar-refractivity contribution is 0.221. The van der Waals surface area contributed by atoms with Crippen LogP contribution >= 0.6 is 23.2 Å². The van der Waals surface area contributed by atoms with Crippen LogP contribution < -0.4 is 10.5 Å². The second-order valence-corrected chi connectivity index (χ2v) is 6.88. The molecule has 0 unspecified atom stereocenters. The summed E-state index contributed by atoms with van der Waals surface area (Å²) >= 11 is 12.0. The maximum Gasteiger partial charge on any atom is 0.278 e. The zero-order valence-electron chi connectivity index (χ0n) is 14.8. The van der Waals surface area contributed by atoms with Gasteiger partial charge >= 0.3 is 0 Å². The van der Waals surface area contributed by atoms with Gasteiger partial charge in [-0.05, 0) is 42.8 Å². The van der Waals surface area contributed by atoms with E-state index in [9.17, 15) is 0 Å². The Morgan fingerprint density at radius 2 is 2.04 bits per heavy atom. The standard InChI is InChI=1S/C19H15Cl2N5O2/c1-11-13(3-2-4-15(11)22)18-23-19(28-25-18)16-7-8-26(24-16)10-27-17-6-5-12(20)9-14(17)21/h2-9H,10,22H2,1H3. The molecule has 0 atom stereocenters. The van der Waals surface area contributed by atoms with Crippen molar-refractivity contribution in [2.45, 2.75) is 13.7 Å². The maximum absolute atomic E-state index is 6.10. The molecule has 0 bridgehead atoms. The van der Waals surface area contributed by atoms with Gasteiger partial charge in [0.25, 0.3) is 5.89 Å². The number of nitrogens with two attached hydrogens (primary N) is 1. The lowest BCUT2D eigenvalue weighted by atomic mass is 10.1. The van der Waals surface area contributed by atoms with Gasteiger partial charge in [-0.2, -0.15) is 10.1 Å². The van der Waals surface area contributed by atoms with E-state index < -0.39 is 0 Å². The van der Waals surface area contributed by atoms with Crippen molar-refractivity contribution in [3.8, 4) is 28.7 Å². The average molecular weight is 416 g/mol. The highest BCUT2D eigenvalue weighted by Crippen LogP contribution is 2.28. The number of anilines is 1. The third-order valence-electron chi connectivity index (χ3n) is 4.15. The molecule has 2 aromatic carbocycles. The van der Waals surface area contributed by atoms with Crippen LogP contribution in [0.1, 0.15) is 5.56 Å². The topological polar surface area (TPSA) is 92.0 Å². The van der Waals surface area contributed by atoms with E-state index in [1.807, 2.05) is 25.1 Å². The highest BCUT2D eigenvalue weighted by atomic mass is 35.5. The number of halogens is 2. The van der Waals surface area contributed by atoms with E-state index in [0.717, 1.165) is 11.1 Å². The Morgan fingerprint density at radius 3 is 2.86 bits per heavy atom. The van der Waals surface area contributed by atoms with Gasteiger partial charge in [0.2, 0.25) is 5.82 Å². The lowest BCUT2D eigenvalue weighted by Crippen LogP contribution is -2.06. The number of nitrogens with zero attached hydrogens (tertiary/aromatic N) is 4. The first-order valence-electron chi connectivity index (χ1n) is 8.32. The molecule has 28 heavy (non-hydrogen) atoms. The Balaban J connectivity index is 1.50. The molecular formula is C19H15Cl2N5O2. The molecule has 2 aromatic heterocycles. The number of benzene rings is 2. The van der Waals surface area contributed by atoms with Gasteiger partial charge < -0.3 is 15.0 Å². The molecule has 2 N–H and O–H groups in total. The van der Waals surface area contributed by atoms with Gasteiger partial charge in [-0.15, -0.1) is 0 Å². The first kappa shape index (κ1) is 18.3. The number of ether oxygens (including phenoxy) is 1. The molecule has 0 spiro atoms. The van der Waals surface area contributed by atoms with Crippen LogP contribution in [0.4, 0.5) is 5.69 Å². The molecule has 0 aliphatic heterocycles. The van der Waals surface area contributed by atoms with Crippen LogP contribution in [0, 0.1) is 6.92 Å². The molecule has 0 fully saturated rings. The third kappa shape index (κ3) is 3.67. The van der Waals surface area contributed by atoms with Crippen molar-refractivity contribution in [2.75, 3.05) is 5.73 Å². The Bertz CT molecular complexity index is 1140. The van der Waals surface area contributed by atoms with Gasteiger partial charge in [0, 0.05) is 22.5 Å². The van der Waals surface area contributed by atoms with Crippen molar-refractivity contribution in [2.24, 2.45) is 0 Å². The second-order valence-electron chi connectivity index (χ2n) is 6.03. The van der Waals surface area contributed by atoms with Gasteiger partial charge in [-0.3, -0.25) is 0 Å². The van der Waals surface area contributed by atoms with Crippen molar-refractivity contribution in [3.63, 3.8) is 0 Å². The highest BCUT2D eigenvalue weighted by Gasteiger charge is 2.15. The van der Waals surface area contributed by atoms with Crippen molar-refractivity contribution >= 4 is 28.9 Å². The first-order valence-corrected chi connectivity index (χ1v) is 9.07. The predicted molar refractivity (Wildman–Crippen MR) is 107 cm³/mol. The van der Waals surface area contributed by atoms with Crippen LogP contribution in [0.2, 0.25) is 10.0 Å². The fraction of sp³-hybridized carbons (Fsp3) is 0.105. The van der Waals surface area contributed by atoms with E-state index >= 15 is 0 Å². The van der Waals surface area contributed by atoms with Crippen LogP contribution in [-0.2, 0) is 6.73 Å². The van der Waals surface area contributed by atoms with Crippen LogP contribution in [-0.4, -0.2) is 19.9 Å². The molecule has 0 saturated heterocycles. The Labute approximate surface area is 170 Å². The van der Waals surface area contributed by atoms with E-state index in [4.69, 9.17) is 38.2 Å². The van der Waals surface area contributed by atoms with Gasteiger partial charge in [0.15, 0.2) is 12.4 Å². The number of nitrogen functional groups attached to an aromatic ring is 1. The van der Waals surface area contributed by atoms with Crippen LogP contribution in [0.3, 0.4) is 0 Å². The van der Waals surface area contributed by atoms with Crippen LogP contribution in [0.15, 0.2) is 53.2 Å². The second kappa shape index (κ2) is 7.53. The van der Waals surface area contributed by atoms with Gasteiger partial charge in [0.05, 0.1) is 5.02 Å². The van der Waals surface area contributed by atoms with Gasteiger partial charge in [-0.1, -0.05) is 40.5 Å². The summed E-state index contributed by atoms with van der Waals surface area (Å²) in [5, 5.41) is 9.40. The van der Waals surface area contributed by atoms with Gasteiger partial charge in [-0.25, -0.2) is 4.68 Å². The summed E-state index contributed by atoms with van der Waals surface area (Å²) in [6.07, 6.45) is 1.74. The minimum absolute atomic E-state index is 0.163. The molecule has 0 aliphatic rings. The van der Waals surface area contributed by atoms with Crippen molar-refractivity contribution in [1.29, 1.82) is 0 Å². The Morgan fingerprint density at radius 1 is 1.18 bits per heavy atom. The monoisotopic (exact) mass is 415 g/mol. The number of hydrogen-bond donors (Lipinski definition) is 1.